The number of carbonyl (C=O) groups excluding carboxylic acids is 2. The molecule has 221 valence electrons. The molecule has 1 aromatic heterocycles. The van der Waals surface area contributed by atoms with Gasteiger partial charge in [0, 0.05) is 20.1 Å². The molecule has 0 spiro atoms. The molecule has 4 aromatic rings. The van der Waals surface area contributed by atoms with Gasteiger partial charge in [-0.1, -0.05) is 93.4 Å². The minimum Gasteiger partial charge on any atom is -0.512 e. The Morgan fingerprint density at radius 3 is 2.45 bits per heavy atom. The first kappa shape index (κ1) is 32.7. The molecule has 42 heavy (non-hydrogen) atoms. The van der Waals surface area contributed by atoms with E-state index in [1.54, 1.807) is 6.92 Å². The fraction of sp³-hybridized carbons (Fsp3) is 0.286. The number of allylic oxidation sites excluding steroid dienone is 1. The molecular weight excluding hydrogens is 707 g/mol. The molecule has 0 saturated carbocycles. The molecule has 2 N–H and O–H groups in total. The summed E-state index contributed by atoms with van der Waals surface area (Å²) in [7, 11) is 0. The van der Waals surface area contributed by atoms with E-state index in [-0.39, 0.29) is 56.4 Å². The van der Waals surface area contributed by atoms with Crippen LogP contribution in [0.5, 0.6) is 0 Å². The van der Waals surface area contributed by atoms with Crippen LogP contribution in [0.3, 0.4) is 0 Å². The van der Waals surface area contributed by atoms with Crippen LogP contribution in [0.25, 0.3) is 33.3 Å². The molecule has 0 bridgehead atoms. The van der Waals surface area contributed by atoms with Crippen LogP contribution in [-0.2, 0) is 39.8 Å². The molecular formula is C35H37IrNO5. The fourth-order valence-corrected chi connectivity index (χ4v) is 4.82. The minimum absolute atomic E-state index is 0. The maximum Gasteiger partial charge on any atom is 0.513 e. The van der Waals surface area contributed by atoms with Crippen molar-refractivity contribution in [3.05, 3.63) is 102 Å². The number of nitrogens with zero attached hydrogens (tertiary/aromatic N) is 1. The molecule has 3 aromatic carbocycles. The summed E-state index contributed by atoms with van der Waals surface area (Å²) in [5, 5.41) is 9.95. The molecule has 1 aliphatic carbocycles. The number of rotatable bonds is 7. The number of esters is 2. The van der Waals surface area contributed by atoms with Crippen LogP contribution in [-0.4, -0.2) is 40.0 Å². The number of aromatic nitrogens is 1. The van der Waals surface area contributed by atoms with Crippen LogP contribution in [0.4, 0.5) is 0 Å². The third kappa shape index (κ3) is 7.53. The zero-order valence-corrected chi connectivity index (χ0v) is 27.0. The van der Waals surface area contributed by atoms with E-state index in [4.69, 9.17) is 24.4 Å². The van der Waals surface area contributed by atoms with Gasteiger partial charge in [0.05, 0.1) is 11.4 Å². The maximum absolute atomic E-state index is 11.2. The Morgan fingerprint density at radius 1 is 1.02 bits per heavy atom. The summed E-state index contributed by atoms with van der Waals surface area (Å²) in [4.78, 5) is 25.1. The first-order valence-electron chi connectivity index (χ1n) is 13.9. The molecule has 5 rings (SSSR count). The van der Waals surface area contributed by atoms with E-state index in [1.807, 2.05) is 19.1 Å². The molecule has 1 aliphatic rings. The van der Waals surface area contributed by atoms with Crippen molar-refractivity contribution in [2.24, 2.45) is 5.92 Å². The Morgan fingerprint density at radius 2 is 1.71 bits per heavy atom. The van der Waals surface area contributed by atoms with Crippen LogP contribution in [0, 0.1) is 12.0 Å². The van der Waals surface area contributed by atoms with E-state index in [0.29, 0.717) is 0 Å². The molecule has 0 fully saturated rings. The van der Waals surface area contributed by atoms with Gasteiger partial charge in [0.2, 0.25) is 6.61 Å². The monoisotopic (exact) mass is 744 g/mol. The third-order valence-corrected chi connectivity index (χ3v) is 7.31. The summed E-state index contributed by atoms with van der Waals surface area (Å²) >= 11 is 0. The van der Waals surface area contributed by atoms with Gasteiger partial charge < -0.3 is 19.4 Å². The third-order valence-electron chi connectivity index (χ3n) is 7.31. The van der Waals surface area contributed by atoms with Gasteiger partial charge >= 0.3 is 11.9 Å². The summed E-state index contributed by atoms with van der Waals surface area (Å²) < 4.78 is 9.65. The molecule has 0 aliphatic heterocycles. The van der Waals surface area contributed by atoms with Crippen LogP contribution in [0.1, 0.15) is 52.2 Å². The number of aliphatic hydroxyl groups is 1. The molecule has 1 heterocycles. The quantitative estimate of drug-likeness (QED) is 0.0527. The van der Waals surface area contributed by atoms with Gasteiger partial charge in [-0.2, -0.15) is 0 Å². The standard InChI is InChI=1S/C24H18N.C11H18O5.Ir/c1-24(2)20-9-5-4-8-18(20)19-13-11-17(15-21(19)24)23-14-12-16-7-3-6-10-22(16)25-23;1-4-8(2)11(14)16-6-5-15-10(13)7-9(3)12;/h3-10,12-15H,1-2H3;7-8,12H,4-6H2,1-3H3;/q-1;;/p+1/b;9-7-;. The number of hydrogen-bond donors (Lipinski definition) is 1. The fourth-order valence-electron chi connectivity index (χ4n) is 4.82. The first-order valence-corrected chi connectivity index (χ1v) is 13.9. The van der Waals surface area contributed by atoms with Gasteiger partial charge in [-0.15, -0.1) is 29.3 Å². The number of fused-ring (bicyclic) bond motifs is 4. The zero-order valence-electron chi connectivity index (χ0n) is 24.6. The SMILES string of the molecule is CC1(C)c2ccccc2-c2c[c-]c(-c3ccc4ccccc4n3)cc21.CCC(C)C(=O)OCCOC(=[OH+])/C=C(/C)O.[Ir]. The second kappa shape index (κ2) is 14.4. The Balaban J connectivity index is 0.000000251. The average Bonchev–Trinajstić information content (AvgIpc) is 3.20. The normalized spacial score (nSPS) is 13.5. The van der Waals surface area contributed by atoms with Crippen molar-refractivity contribution in [2.45, 2.75) is 46.5 Å². The molecule has 7 heteroatoms. The van der Waals surface area contributed by atoms with Crippen LogP contribution in [0.15, 0.2) is 84.6 Å². The van der Waals surface area contributed by atoms with E-state index >= 15 is 0 Å². The Kier molecular flexibility index (Phi) is 11.2. The van der Waals surface area contributed by atoms with E-state index < -0.39 is 5.97 Å². The predicted octanol–water partition coefficient (Wildman–Crippen LogP) is 7.56. The maximum atomic E-state index is 11.2. The van der Waals surface area contributed by atoms with Crippen molar-refractivity contribution >= 4 is 22.8 Å². The largest absolute Gasteiger partial charge is 0.513 e. The summed E-state index contributed by atoms with van der Waals surface area (Å²) in [6.07, 6.45) is 1.79. The number of para-hydroxylation sites is 1. The minimum atomic E-state index is -0.403. The van der Waals surface area contributed by atoms with Gasteiger partial charge in [0.25, 0.3) is 0 Å². The van der Waals surface area contributed by atoms with Crippen molar-refractivity contribution in [3.63, 3.8) is 0 Å². The van der Waals surface area contributed by atoms with Gasteiger partial charge in [-0.3, -0.25) is 9.78 Å². The van der Waals surface area contributed by atoms with Gasteiger partial charge in [-0.25, -0.2) is 0 Å². The van der Waals surface area contributed by atoms with E-state index in [2.05, 4.69) is 80.6 Å². The van der Waals surface area contributed by atoms with Crippen LogP contribution < -0.4 is 0 Å². The van der Waals surface area contributed by atoms with Gasteiger partial charge in [-0.05, 0) is 41.5 Å². The number of benzene rings is 3. The second-order valence-corrected chi connectivity index (χ2v) is 10.7. The van der Waals surface area contributed by atoms with Crippen molar-refractivity contribution in [3.8, 4) is 22.4 Å². The predicted molar refractivity (Wildman–Crippen MR) is 163 cm³/mol. The molecule has 1 atom stereocenters. The van der Waals surface area contributed by atoms with Gasteiger partial charge in [0.15, 0.2) is 6.61 Å². The van der Waals surface area contributed by atoms with Crippen LogP contribution >= 0.6 is 0 Å². The Bertz CT molecular complexity index is 1590. The topological polar surface area (TPSA) is 90.0 Å². The smallest absolute Gasteiger partial charge is 0.512 e. The molecule has 1 unspecified atom stereocenters. The van der Waals surface area contributed by atoms with Crippen molar-refractivity contribution in [1.82, 2.24) is 4.98 Å². The number of hydrogen-bond acceptors (Lipinski definition) is 5. The zero-order chi connectivity index (χ0) is 29.6. The Hall–Kier alpha value is -3.80. The van der Waals surface area contributed by atoms with Crippen LogP contribution in [0.2, 0.25) is 0 Å². The summed E-state index contributed by atoms with van der Waals surface area (Å²) in [5.41, 5.74) is 8.45. The van der Waals surface area contributed by atoms with Crippen molar-refractivity contribution in [2.75, 3.05) is 13.2 Å². The van der Waals surface area contributed by atoms with E-state index in [0.717, 1.165) is 29.3 Å². The Labute approximate surface area is 261 Å². The van der Waals surface area contributed by atoms with Crippen molar-refractivity contribution < 1.29 is 44.3 Å². The molecule has 6 nitrogen and oxygen atoms in total. The molecule has 0 saturated heterocycles. The number of carbonyl (C=O) groups is 1. The number of ether oxygens (including phenoxy) is 2. The summed E-state index contributed by atoms with van der Waals surface area (Å²) in [5.74, 6) is -0.870. The summed E-state index contributed by atoms with van der Waals surface area (Å²) in [6.45, 7) is 9.82. The first-order chi connectivity index (χ1) is 19.6. The molecule has 1 radical (unpaired) electrons. The van der Waals surface area contributed by atoms with Gasteiger partial charge in [0.1, 0.15) is 11.8 Å². The average molecular weight is 744 g/mol. The van der Waals surface area contributed by atoms with E-state index in [9.17, 15) is 4.79 Å². The second-order valence-electron chi connectivity index (χ2n) is 10.7. The van der Waals surface area contributed by atoms with Crippen molar-refractivity contribution in [1.29, 1.82) is 0 Å². The van der Waals surface area contributed by atoms with E-state index in [1.165, 1.54) is 34.6 Å². The molecule has 0 amide bonds. The summed E-state index contributed by atoms with van der Waals surface area (Å²) in [6, 6.07) is 29.0. The number of aliphatic hydroxyl groups excluding tert-OH is 1. The number of pyridine rings is 1.